The summed E-state index contributed by atoms with van der Waals surface area (Å²) in [6.07, 6.45) is 0. The van der Waals surface area contributed by atoms with E-state index < -0.39 is 5.97 Å². The van der Waals surface area contributed by atoms with Gasteiger partial charge in [0.05, 0.1) is 11.2 Å². The zero-order valence-corrected chi connectivity index (χ0v) is 8.44. The Bertz CT molecular complexity index is 574. The topological polar surface area (TPSA) is 95.1 Å². The first kappa shape index (κ1) is 10.2. The van der Waals surface area contributed by atoms with Gasteiger partial charge in [0.25, 0.3) is 0 Å². The number of amides is 1. The van der Waals surface area contributed by atoms with Crippen LogP contribution in [0.4, 0.5) is 5.69 Å². The molecule has 2 rings (SSSR count). The van der Waals surface area contributed by atoms with Crippen molar-refractivity contribution < 1.29 is 14.7 Å². The molecule has 0 saturated carbocycles. The first-order chi connectivity index (χ1) is 7.58. The SMILES string of the molecule is CC(=O)Nc1cccc2[nH]c(C(=O)O)nc12. The number of para-hydroxylation sites is 1. The van der Waals surface area contributed by atoms with Gasteiger partial charge < -0.3 is 15.4 Å². The van der Waals surface area contributed by atoms with Crippen molar-refractivity contribution in [3.05, 3.63) is 24.0 Å². The van der Waals surface area contributed by atoms with Crippen LogP contribution in [0.1, 0.15) is 17.5 Å². The van der Waals surface area contributed by atoms with Gasteiger partial charge in [-0.1, -0.05) is 6.07 Å². The number of carboxylic acid groups (broad SMARTS) is 1. The highest BCUT2D eigenvalue weighted by atomic mass is 16.4. The van der Waals surface area contributed by atoms with Crippen LogP contribution in [-0.2, 0) is 4.79 Å². The number of nitrogens with zero attached hydrogens (tertiary/aromatic N) is 1. The number of rotatable bonds is 2. The van der Waals surface area contributed by atoms with Gasteiger partial charge in [-0.05, 0) is 12.1 Å². The number of aromatic nitrogens is 2. The molecule has 1 aromatic carbocycles. The van der Waals surface area contributed by atoms with Gasteiger partial charge in [-0.2, -0.15) is 0 Å². The molecule has 3 N–H and O–H groups in total. The van der Waals surface area contributed by atoms with Gasteiger partial charge in [-0.15, -0.1) is 0 Å². The predicted octanol–water partition coefficient (Wildman–Crippen LogP) is 1.22. The maximum atomic E-state index is 10.9. The fraction of sp³-hybridized carbons (Fsp3) is 0.100. The lowest BCUT2D eigenvalue weighted by Crippen LogP contribution is -2.06. The van der Waals surface area contributed by atoms with Crippen LogP contribution < -0.4 is 5.32 Å². The molecule has 0 bridgehead atoms. The highest BCUT2D eigenvalue weighted by Crippen LogP contribution is 2.21. The number of carbonyl (C=O) groups is 2. The molecule has 16 heavy (non-hydrogen) atoms. The summed E-state index contributed by atoms with van der Waals surface area (Å²) in [7, 11) is 0. The summed E-state index contributed by atoms with van der Waals surface area (Å²) in [6.45, 7) is 1.38. The monoisotopic (exact) mass is 219 g/mol. The highest BCUT2D eigenvalue weighted by Gasteiger charge is 2.12. The van der Waals surface area contributed by atoms with Crippen molar-refractivity contribution in [2.24, 2.45) is 0 Å². The van der Waals surface area contributed by atoms with E-state index in [4.69, 9.17) is 5.11 Å². The summed E-state index contributed by atoms with van der Waals surface area (Å²) in [6, 6.07) is 5.06. The third kappa shape index (κ3) is 1.72. The Morgan fingerprint density at radius 3 is 2.81 bits per heavy atom. The standard InChI is InChI=1S/C10H9N3O3/c1-5(14)11-6-3-2-4-7-8(6)13-9(12-7)10(15)16/h2-4H,1H3,(H,11,14)(H,12,13)(H,15,16). The molecular weight excluding hydrogens is 210 g/mol. The molecule has 0 atom stereocenters. The molecule has 6 nitrogen and oxygen atoms in total. The number of carbonyl (C=O) groups excluding carboxylic acids is 1. The van der Waals surface area contributed by atoms with E-state index in [1.165, 1.54) is 6.92 Å². The maximum absolute atomic E-state index is 10.9. The van der Waals surface area contributed by atoms with E-state index in [1.54, 1.807) is 18.2 Å². The second-order valence-electron chi connectivity index (χ2n) is 3.27. The van der Waals surface area contributed by atoms with Gasteiger partial charge in [0.1, 0.15) is 5.52 Å². The van der Waals surface area contributed by atoms with Gasteiger partial charge in [-0.3, -0.25) is 4.79 Å². The number of aromatic amines is 1. The Balaban J connectivity index is 2.58. The lowest BCUT2D eigenvalue weighted by Gasteiger charge is -2.01. The molecule has 0 aliphatic rings. The third-order valence-electron chi connectivity index (χ3n) is 2.03. The zero-order valence-electron chi connectivity index (χ0n) is 8.44. The van der Waals surface area contributed by atoms with E-state index in [9.17, 15) is 9.59 Å². The van der Waals surface area contributed by atoms with Crippen molar-refractivity contribution in [2.45, 2.75) is 6.92 Å². The molecule has 6 heteroatoms. The van der Waals surface area contributed by atoms with E-state index in [0.29, 0.717) is 16.7 Å². The van der Waals surface area contributed by atoms with Gasteiger partial charge in [-0.25, -0.2) is 9.78 Å². The smallest absolute Gasteiger partial charge is 0.371 e. The molecular formula is C10H9N3O3. The van der Waals surface area contributed by atoms with Gasteiger partial charge in [0.2, 0.25) is 11.7 Å². The number of nitrogens with one attached hydrogen (secondary N) is 2. The van der Waals surface area contributed by atoms with E-state index in [1.807, 2.05) is 0 Å². The Hall–Kier alpha value is -2.37. The molecule has 1 heterocycles. The number of imidazole rings is 1. The lowest BCUT2D eigenvalue weighted by molar-refractivity contribution is -0.114. The van der Waals surface area contributed by atoms with Gasteiger partial charge >= 0.3 is 5.97 Å². The molecule has 1 amide bonds. The fourth-order valence-electron chi connectivity index (χ4n) is 1.42. The first-order valence-electron chi connectivity index (χ1n) is 4.57. The summed E-state index contributed by atoms with van der Waals surface area (Å²) >= 11 is 0. The van der Waals surface area contributed by atoms with Crippen LogP contribution in [0.25, 0.3) is 11.0 Å². The van der Waals surface area contributed by atoms with Gasteiger partial charge in [0, 0.05) is 6.92 Å². The van der Waals surface area contributed by atoms with Gasteiger partial charge in [0.15, 0.2) is 0 Å². The fourth-order valence-corrected chi connectivity index (χ4v) is 1.42. The maximum Gasteiger partial charge on any atom is 0.371 e. The summed E-state index contributed by atoms with van der Waals surface area (Å²) in [5.74, 6) is -1.51. The molecule has 0 fully saturated rings. The van der Waals surface area contributed by atoms with Crippen LogP contribution in [0, 0.1) is 0 Å². The summed E-state index contributed by atoms with van der Waals surface area (Å²) in [5.41, 5.74) is 1.51. The number of anilines is 1. The molecule has 0 spiro atoms. The predicted molar refractivity (Wildman–Crippen MR) is 57.4 cm³/mol. The minimum atomic E-state index is -1.13. The molecule has 0 radical (unpaired) electrons. The molecule has 0 unspecified atom stereocenters. The quantitative estimate of drug-likeness (QED) is 0.707. The van der Waals surface area contributed by atoms with Crippen LogP contribution in [0.3, 0.4) is 0 Å². The molecule has 0 saturated heterocycles. The van der Waals surface area contributed by atoms with Crippen LogP contribution in [0.5, 0.6) is 0 Å². The highest BCUT2D eigenvalue weighted by molar-refractivity contribution is 6.00. The van der Waals surface area contributed by atoms with Crippen molar-refractivity contribution in [1.29, 1.82) is 0 Å². The summed E-state index contributed by atoms with van der Waals surface area (Å²) in [5, 5.41) is 11.4. The molecule has 2 aromatic rings. The molecule has 82 valence electrons. The zero-order chi connectivity index (χ0) is 11.7. The van der Waals surface area contributed by atoms with Crippen molar-refractivity contribution in [3.63, 3.8) is 0 Å². The Kier molecular flexibility index (Phi) is 2.32. The number of benzene rings is 1. The van der Waals surface area contributed by atoms with Crippen molar-refractivity contribution in [1.82, 2.24) is 9.97 Å². The van der Waals surface area contributed by atoms with E-state index >= 15 is 0 Å². The number of carboxylic acids is 1. The number of hydrogen-bond donors (Lipinski definition) is 3. The first-order valence-corrected chi connectivity index (χ1v) is 4.57. The van der Waals surface area contributed by atoms with Crippen LogP contribution in [-0.4, -0.2) is 27.0 Å². The van der Waals surface area contributed by atoms with E-state index in [0.717, 1.165) is 0 Å². The van der Waals surface area contributed by atoms with Crippen LogP contribution in [0.2, 0.25) is 0 Å². The normalized spacial score (nSPS) is 10.3. The second-order valence-corrected chi connectivity index (χ2v) is 3.27. The van der Waals surface area contributed by atoms with Crippen molar-refractivity contribution in [2.75, 3.05) is 5.32 Å². The second kappa shape index (κ2) is 3.65. The van der Waals surface area contributed by atoms with Crippen LogP contribution >= 0.6 is 0 Å². The lowest BCUT2D eigenvalue weighted by atomic mass is 10.2. The molecule has 1 aromatic heterocycles. The number of aromatic carboxylic acids is 1. The summed E-state index contributed by atoms with van der Waals surface area (Å²) in [4.78, 5) is 28.2. The van der Waals surface area contributed by atoms with E-state index in [2.05, 4.69) is 15.3 Å². The van der Waals surface area contributed by atoms with E-state index in [-0.39, 0.29) is 11.7 Å². The minimum absolute atomic E-state index is 0.146. The Morgan fingerprint density at radius 2 is 2.19 bits per heavy atom. The van der Waals surface area contributed by atoms with Crippen molar-refractivity contribution in [3.8, 4) is 0 Å². The Labute approximate surface area is 90.3 Å². The number of H-pyrrole nitrogens is 1. The molecule has 0 aliphatic carbocycles. The Morgan fingerprint density at radius 1 is 1.44 bits per heavy atom. The van der Waals surface area contributed by atoms with Crippen molar-refractivity contribution >= 4 is 28.6 Å². The minimum Gasteiger partial charge on any atom is -0.475 e. The molecule has 0 aliphatic heterocycles. The average molecular weight is 219 g/mol. The van der Waals surface area contributed by atoms with Crippen LogP contribution in [0.15, 0.2) is 18.2 Å². The largest absolute Gasteiger partial charge is 0.475 e. The number of hydrogen-bond acceptors (Lipinski definition) is 3. The average Bonchev–Trinajstić information content (AvgIpc) is 2.61. The number of fused-ring (bicyclic) bond motifs is 1. The third-order valence-corrected chi connectivity index (χ3v) is 2.03. The summed E-state index contributed by atoms with van der Waals surface area (Å²) < 4.78 is 0.